The van der Waals surface area contributed by atoms with E-state index in [2.05, 4.69) is 15.6 Å². The molecule has 0 spiro atoms. The van der Waals surface area contributed by atoms with Gasteiger partial charge in [-0.1, -0.05) is 12.1 Å². The first-order valence-electron chi connectivity index (χ1n) is 9.66. The maximum Gasteiger partial charge on any atom is 0.257 e. The van der Waals surface area contributed by atoms with E-state index in [1.807, 2.05) is 24.3 Å². The molecule has 0 radical (unpaired) electrons. The molecule has 0 saturated carbocycles. The van der Waals surface area contributed by atoms with Crippen LogP contribution >= 0.6 is 11.3 Å². The van der Waals surface area contributed by atoms with Crippen LogP contribution in [0, 0.1) is 0 Å². The number of ether oxygens (including phenoxy) is 3. The van der Waals surface area contributed by atoms with Crippen molar-refractivity contribution in [2.75, 3.05) is 25.8 Å². The Bertz CT molecular complexity index is 1080. The summed E-state index contributed by atoms with van der Waals surface area (Å²) in [7, 11) is 1.63. The second-order valence-corrected chi connectivity index (χ2v) is 7.65. The smallest absolute Gasteiger partial charge is 0.257 e. The minimum absolute atomic E-state index is 0.118. The Morgan fingerprint density at radius 2 is 1.94 bits per heavy atom. The number of aromatic nitrogens is 1. The lowest BCUT2D eigenvalue weighted by molar-refractivity contribution is -0.120. The number of hydrogen-bond acceptors (Lipinski definition) is 7. The highest BCUT2D eigenvalue weighted by atomic mass is 32.1. The quantitative estimate of drug-likeness (QED) is 0.560. The number of anilines is 1. The summed E-state index contributed by atoms with van der Waals surface area (Å²) >= 11 is 1.27. The minimum Gasteiger partial charge on any atom is -0.497 e. The number of hydrogen-bond donors (Lipinski definition) is 2. The monoisotopic (exact) mass is 439 g/mol. The van der Waals surface area contributed by atoms with Crippen molar-refractivity contribution in [3.05, 3.63) is 64.7 Å². The molecule has 2 amide bonds. The summed E-state index contributed by atoms with van der Waals surface area (Å²) in [6, 6.07) is 12.7. The first kappa shape index (κ1) is 20.7. The highest BCUT2D eigenvalue weighted by molar-refractivity contribution is 7.14. The Morgan fingerprint density at radius 3 is 2.74 bits per heavy atom. The van der Waals surface area contributed by atoms with Gasteiger partial charge < -0.3 is 19.5 Å². The van der Waals surface area contributed by atoms with Gasteiger partial charge in [-0.25, -0.2) is 4.98 Å². The zero-order valence-corrected chi connectivity index (χ0v) is 17.7. The number of fused-ring (bicyclic) bond motifs is 1. The number of amides is 2. The number of benzene rings is 2. The first-order chi connectivity index (χ1) is 15.1. The van der Waals surface area contributed by atoms with Gasteiger partial charge in [0.1, 0.15) is 5.75 Å². The van der Waals surface area contributed by atoms with Crippen LogP contribution in [0.4, 0.5) is 5.13 Å². The van der Waals surface area contributed by atoms with Crippen LogP contribution in [-0.2, 0) is 17.6 Å². The van der Waals surface area contributed by atoms with Crippen LogP contribution in [0.25, 0.3) is 0 Å². The molecule has 0 saturated heterocycles. The topological polar surface area (TPSA) is 98.8 Å². The van der Waals surface area contributed by atoms with Gasteiger partial charge in [0.25, 0.3) is 5.91 Å². The van der Waals surface area contributed by atoms with Crippen LogP contribution in [0.3, 0.4) is 0 Å². The van der Waals surface area contributed by atoms with E-state index in [-0.39, 0.29) is 25.0 Å². The van der Waals surface area contributed by atoms with Crippen LogP contribution in [-0.4, -0.2) is 37.2 Å². The Balaban J connectivity index is 1.24. The molecule has 0 atom stereocenters. The summed E-state index contributed by atoms with van der Waals surface area (Å²) in [5, 5.41) is 7.83. The molecule has 1 aliphatic heterocycles. The van der Waals surface area contributed by atoms with Gasteiger partial charge in [0.2, 0.25) is 12.7 Å². The molecule has 1 aliphatic rings. The zero-order chi connectivity index (χ0) is 21.6. The molecule has 8 nitrogen and oxygen atoms in total. The predicted octanol–water partition coefficient (Wildman–Crippen LogP) is 3.03. The fourth-order valence-electron chi connectivity index (χ4n) is 3.02. The molecule has 160 valence electrons. The van der Waals surface area contributed by atoms with Crippen LogP contribution in [0.5, 0.6) is 17.2 Å². The standard InChI is InChI=1S/C22H21N3O5S/c1-28-17-5-2-14(3-6-17)8-9-23-20(26)11-16-12-31-22(24-16)25-21(27)15-4-7-18-19(10-15)30-13-29-18/h2-7,10,12H,8-9,11,13H2,1H3,(H,23,26)(H,24,25,27). The summed E-state index contributed by atoms with van der Waals surface area (Å²) in [5.74, 6) is 1.54. The highest BCUT2D eigenvalue weighted by Crippen LogP contribution is 2.32. The van der Waals surface area contributed by atoms with E-state index in [0.29, 0.717) is 34.4 Å². The summed E-state index contributed by atoms with van der Waals surface area (Å²) in [6.45, 7) is 0.682. The molecule has 0 bridgehead atoms. The third-order valence-corrected chi connectivity index (χ3v) is 5.45. The average molecular weight is 439 g/mol. The number of nitrogens with one attached hydrogen (secondary N) is 2. The summed E-state index contributed by atoms with van der Waals surface area (Å²) in [6.07, 6.45) is 0.878. The first-order valence-corrected chi connectivity index (χ1v) is 10.5. The van der Waals surface area contributed by atoms with E-state index in [4.69, 9.17) is 14.2 Å². The van der Waals surface area contributed by atoms with E-state index in [1.54, 1.807) is 30.7 Å². The number of carbonyl (C=O) groups is 2. The fourth-order valence-corrected chi connectivity index (χ4v) is 3.72. The lowest BCUT2D eigenvalue weighted by atomic mass is 10.1. The van der Waals surface area contributed by atoms with Crippen LogP contribution in [0.2, 0.25) is 0 Å². The van der Waals surface area contributed by atoms with Crippen molar-refractivity contribution in [3.8, 4) is 17.2 Å². The van der Waals surface area contributed by atoms with E-state index < -0.39 is 0 Å². The molecule has 0 unspecified atom stereocenters. The van der Waals surface area contributed by atoms with Gasteiger partial charge in [0, 0.05) is 17.5 Å². The van der Waals surface area contributed by atoms with E-state index in [1.165, 1.54) is 11.3 Å². The lowest BCUT2D eigenvalue weighted by Crippen LogP contribution is -2.27. The Labute approximate surface area is 183 Å². The summed E-state index contributed by atoms with van der Waals surface area (Å²) in [4.78, 5) is 28.9. The van der Waals surface area contributed by atoms with Crippen molar-refractivity contribution < 1.29 is 23.8 Å². The Morgan fingerprint density at radius 1 is 1.13 bits per heavy atom. The van der Waals surface area contributed by atoms with Crippen molar-refractivity contribution in [2.24, 2.45) is 0 Å². The molecule has 3 aromatic rings. The zero-order valence-electron chi connectivity index (χ0n) is 16.8. The van der Waals surface area contributed by atoms with E-state index >= 15 is 0 Å². The average Bonchev–Trinajstić information content (AvgIpc) is 3.42. The van der Waals surface area contributed by atoms with Gasteiger partial charge >= 0.3 is 0 Å². The number of carbonyl (C=O) groups excluding carboxylic acids is 2. The van der Waals surface area contributed by atoms with Crippen molar-refractivity contribution in [1.82, 2.24) is 10.3 Å². The highest BCUT2D eigenvalue weighted by Gasteiger charge is 2.17. The number of nitrogens with zero attached hydrogens (tertiary/aromatic N) is 1. The van der Waals surface area contributed by atoms with Gasteiger partial charge in [0.05, 0.1) is 19.2 Å². The largest absolute Gasteiger partial charge is 0.497 e. The minimum atomic E-state index is -0.303. The lowest BCUT2D eigenvalue weighted by Gasteiger charge is -2.05. The molecule has 9 heteroatoms. The molecular weight excluding hydrogens is 418 g/mol. The fraction of sp³-hybridized carbons (Fsp3) is 0.227. The normalized spacial score (nSPS) is 11.8. The van der Waals surface area contributed by atoms with Crippen LogP contribution in [0.1, 0.15) is 21.6 Å². The van der Waals surface area contributed by atoms with Gasteiger partial charge in [-0.3, -0.25) is 14.9 Å². The number of thiazole rings is 1. The Kier molecular flexibility index (Phi) is 6.32. The van der Waals surface area contributed by atoms with Gasteiger partial charge in [0.15, 0.2) is 16.6 Å². The van der Waals surface area contributed by atoms with Crippen molar-refractivity contribution in [1.29, 1.82) is 0 Å². The number of rotatable bonds is 8. The van der Waals surface area contributed by atoms with Crippen molar-refractivity contribution in [2.45, 2.75) is 12.8 Å². The van der Waals surface area contributed by atoms with Gasteiger partial charge in [-0.15, -0.1) is 11.3 Å². The SMILES string of the molecule is COc1ccc(CCNC(=O)Cc2csc(NC(=O)c3ccc4c(c3)OCO4)n2)cc1. The summed E-state index contributed by atoms with van der Waals surface area (Å²) < 4.78 is 15.7. The third-order valence-electron chi connectivity index (χ3n) is 4.64. The Hall–Kier alpha value is -3.59. The molecule has 31 heavy (non-hydrogen) atoms. The third kappa shape index (κ3) is 5.32. The molecular formula is C22H21N3O5S. The second kappa shape index (κ2) is 9.48. The van der Waals surface area contributed by atoms with Crippen LogP contribution in [0.15, 0.2) is 47.8 Å². The molecule has 4 rings (SSSR count). The van der Waals surface area contributed by atoms with Crippen LogP contribution < -0.4 is 24.8 Å². The van der Waals surface area contributed by atoms with Gasteiger partial charge in [-0.2, -0.15) is 0 Å². The second-order valence-electron chi connectivity index (χ2n) is 6.79. The maximum atomic E-state index is 12.4. The van der Waals surface area contributed by atoms with Gasteiger partial charge in [-0.05, 0) is 42.3 Å². The molecule has 2 aromatic carbocycles. The van der Waals surface area contributed by atoms with E-state index in [9.17, 15) is 9.59 Å². The van der Waals surface area contributed by atoms with E-state index in [0.717, 1.165) is 17.7 Å². The van der Waals surface area contributed by atoms with Crippen molar-refractivity contribution in [3.63, 3.8) is 0 Å². The molecule has 2 heterocycles. The summed E-state index contributed by atoms with van der Waals surface area (Å²) in [5.41, 5.74) is 2.16. The molecule has 1 aromatic heterocycles. The molecule has 0 fully saturated rings. The molecule has 2 N–H and O–H groups in total. The predicted molar refractivity (Wildman–Crippen MR) is 116 cm³/mol. The number of methoxy groups -OCH3 is 1. The maximum absolute atomic E-state index is 12.4. The van der Waals surface area contributed by atoms with Crippen molar-refractivity contribution >= 4 is 28.3 Å². The molecule has 0 aliphatic carbocycles.